The number of carbonyl (C=O) groups is 1. The Kier molecular flexibility index (Phi) is 3.42. The van der Waals surface area contributed by atoms with Crippen LogP contribution in [0.1, 0.15) is 15.9 Å². The van der Waals surface area contributed by atoms with E-state index in [1.54, 1.807) is 11.8 Å². The third-order valence-corrected chi connectivity index (χ3v) is 3.63. The summed E-state index contributed by atoms with van der Waals surface area (Å²) < 4.78 is 0. The summed E-state index contributed by atoms with van der Waals surface area (Å²) in [7, 11) is 0. The summed E-state index contributed by atoms with van der Waals surface area (Å²) >= 11 is 1.63. The maximum atomic E-state index is 10.9. The van der Waals surface area contributed by atoms with Crippen molar-refractivity contribution in [3.8, 4) is 0 Å². The van der Waals surface area contributed by atoms with Gasteiger partial charge in [0, 0.05) is 15.4 Å². The van der Waals surface area contributed by atoms with Gasteiger partial charge in [0.2, 0.25) is 0 Å². The van der Waals surface area contributed by atoms with Crippen LogP contribution < -0.4 is 0 Å². The standard InChI is InChI=1S/C14H12OS/c1-11-6-2-4-8-13(11)16-14-9-5-3-7-12(14)10-15/h2-10H,1H3. The first-order valence-electron chi connectivity index (χ1n) is 5.09. The summed E-state index contributed by atoms with van der Waals surface area (Å²) in [4.78, 5) is 13.1. The molecular weight excluding hydrogens is 216 g/mol. The van der Waals surface area contributed by atoms with E-state index >= 15 is 0 Å². The maximum absolute atomic E-state index is 10.9. The normalized spacial score (nSPS) is 10.1. The monoisotopic (exact) mass is 228 g/mol. The van der Waals surface area contributed by atoms with E-state index in [4.69, 9.17) is 0 Å². The fraction of sp³-hybridized carbons (Fsp3) is 0.0714. The molecule has 0 fully saturated rings. The van der Waals surface area contributed by atoms with Gasteiger partial charge >= 0.3 is 0 Å². The number of benzene rings is 2. The van der Waals surface area contributed by atoms with Gasteiger partial charge in [-0.1, -0.05) is 48.2 Å². The molecule has 0 saturated carbocycles. The Hall–Kier alpha value is -1.54. The van der Waals surface area contributed by atoms with Crippen LogP contribution in [0.2, 0.25) is 0 Å². The second kappa shape index (κ2) is 4.99. The Balaban J connectivity index is 2.34. The minimum absolute atomic E-state index is 0.746. The highest BCUT2D eigenvalue weighted by atomic mass is 32.2. The molecule has 0 amide bonds. The van der Waals surface area contributed by atoms with Crippen molar-refractivity contribution in [2.45, 2.75) is 16.7 Å². The first kappa shape index (κ1) is 11.0. The zero-order valence-electron chi connectivity index (χ0n) is 9.01. The van der Waals surface area contributed by atoms with Crippen molar-refractivity contribution in [2.75, 3.05) is 0 Å². The molecule has 0 unspecified atom stereocenters. The van der Waals surface area contributed by atoms with Gasteiger partial charge < -0.3 is 0 Å². The third-order valence-electron chi connectivity index (χ3n) is 2.36. The molecule has 0 N–H and O–H groups in total. The molecule has 0 aliphatic rings. The maximum Gasteiger partial charge on any atom is 0.151 e. The molecule has 0 atom stereocenters. The lowest BCUT2D eigenvalue weighted by Gasteiger charge is -2.06. The van der Waals surface area contributed by atoms with Crippen LogP contribution in [0.5, 0.6) is 0 Å². The topological polar surface area (TPSA) is 17.1 Å². The molecule has 2 heteroatoms. The van der Waals surface area contributed by atoms with E-state index in [2.05, 4.69) is 19.1 Å². The molecule has 2 aromatic rings. The van der Waals surface area contributed by atoms with Crippen molar-refractivity contribution in [1.82, 2.24) is 0 Å². The molecule has 0 saturated heterocycles. The number of aryl methyl sites for hydroxylation is 1. The predicted molar refractivity (Wildman–Crippen MR) is 67.1 cm³/mol. The highest BCUT2D eigenvalue weighted by Gasteiger charge is 2.04. The molecule has 0 heterocycles. The van der Waals surface area contributed by atoms with Crippen LogP contribution in [0.15, 0.2) is 58.3 Å². The highest BCUT2D eigenvalue weighted by molar-refractivity contribution is 7.99. The zero-order chi connectivity index (χ0) is 11.4. The van der Waals surface area contributed by atoms with E-state index in [1.165, 1.54) is 10.5 Å². The Morgan fingerprint density at radius 1 is 0.938 bits per heavy atom. The lowest BCUT2D eigenvalue weighted by molar-refractivity contribution is 0.112. The van der Waals surface area contributed by atoms with E-state index in [9.17, 15) is 4.79 Å². The largest absolute Gasteiger partial charge is 0.298 e. The first-order chi connectivity index (χ1) is 7.81. The molecule has 2 aromatic carbocycles. The van der Waals surface area contributed by atoms with Crippen LogP contribution >= 0.6 is 11.8 Å². The van der Waals surface area contributed by atoms with Gasteiger partial charge in [-0.2, -0.15) is 0 Å². The van der Waals surface area contributed by atoms with Crippen LogP contribution in [0.4, 0.5) is 0 Å². The Labute approximate surface area is 99.5 Å². The molecule has 2 rings (SSSR count). The van der Waals surface area contributed by atoms with Crippen molar-refractivity contribution in [3.63, 3.8) is 0 Å². The highest BCUT2D eigenvalue weighted by Crippen LogP contribution is 2.31. The molecule has 80 valence electrons. The molecular formula is C14H12OS. The lowest BCUT2D eigenvalue weighted by atomic mass is 10.2. The van der Waals surface area contributed by atoms with E-state index in [0.29, 0.717) is 0 Å². The molecule has 16 heavy (non-hydrogen) atoms. The van der Waals surface area contributed by atoms with Crippen LogP contribution in [0, 0.1) is 6.92 Å². The second-order valence-corrected chi connectivity index (χ2v) is 4.61. The fourth-order valence-electron chi connectivity index (χ4n) is 1.46. The van der Waals surface area contributed by atoms with Crippen molar-refractivity contribution in [2.24, 2.45) is 0 Å². The van der Waals surface area contributed by atoms with Crippen molar-refractivity contribution in [1.29, 1.82) is 0 Å². The van der Waals surface area contributed by atoms with Gasteiger partial charge in [0.1, 0.15) is 0 Å². The predicted octanol–water partition coefficient (Wildman–Crippen LogP) is 3.96. The molecule has 1 nitrogen and oxygen atoms in total. The van der Waals surface area contributed by atoms with Crippen LogP contribution in [-0.4, -0.2) is 6.29 Å². The summed E-state index contributed by atoms with van der Waals surface area (Å²) in [6, 6.07) is 15.8. The Morgan fingerprint density at radius 2 is 1.56 bits per heavy atom. The quantitative estimate of drug-likeness (QED) is 0.740. The van der Waals surface area contributed by atoms with Gasteiger partial charge in [-0.25, -0.2) is 0 Å². The van der Waals surface area contributed by atoms with Gasteiger partial charge in [0.15, 0.2) is 6.29 Å². The van der Waals surface area contributed by atoms with Crippen molar-refractivity contribution >= 4 is 18.0 Å². The summed E-state index contributed by atoms with van der Waals surface area (Å²) in [6.45, 7) is 2.08. The minimum atomic E-state index is 0.746. The van der Waals surface area contributed by atoms with Crippen LogP contribution in [-0.2, 0) is 0 Å². The summed E-state index contributed by atoms with van der Waals surface area (Å²) in [5, 5.41) is 0. The summed E-state index contributed by atoms with van der Waals surface area (Å²) in [5.74, 6) is 0. The molecule has 0 aliphatic carbocycles. The smallest absolute Gasteiger partial charge is 0.151 e. The van der Waals surface area contributed by atoms with Gasteiger partial charge in [0.05, 0.1) is 0 Å². The van der Waals surface area contributed by atoms with Gasteiger partial charge in [-0.05, 0) is 24.6 Å². The van der Waals surface area contributed by atoms with Gasteiger partial charge in [-0.15, -0.1) is 0 Å². The fourth-order valence-corrected chi connectivity index (χ4v) is 2.45. The van der Waals surface area contributed by atoms with Crippen molar-refractivity contribution < 1.29 is 4.79 Å². The minimum Gasteiger partial charge on any atom is -0.298 e. The number of aldehydes is 1. The van der Waals surface area contributed by atoms with Crippen LogP contribution in [0.3, 0.4) is 0 Å². The first-order valence-corrected chi connectivity index (χ1v) is 5.90. The molecule has 0 bridgehead atoms. The second-order valence-electron chi connectivity index (χ2n) is 3.52. The molecule has 0 aromatic heterocycles. The third kappa shape index (κ3) is 2.34. The lowest BCUT2D eigenvalue weighted by Crippen LogP contribution is -1.85. The number of hydrogen-bond acceptors (Lipinski definition) is 2. The molecule has 0 radical (unpaired) electrons. The Morgan fingerprint density at radius 3 is 2.25 bits per heavy atom. The van der Waals surface area contributed by atoms with E-state index < -0.39 is 0 Å². The number of hydrogen-bond donors (Lipinski definition) is 0. The van der Waals surface area contributed by atoms with Gasteiger partial charge in [0.25, 0.3) is 0 Å². The van der Waals surface area contributed by atoms with E-state index in [1.807, 2.05) is 36.4 Å². The molecule has 0 spiro atoms. The SMILES string of the molecule is Cc1ccccc1Sc1ccccc1C=O. The summed E-state index contributed by atoms with van der Waals surface area (Å²) in [6.07, 6.45) is 0.903. The van der Waals surface area contributed by atoms with E-state index in [0.717, 1.165) is 16.7 Å². The Bertz CT molecular complexity index is 506. The van der Waals surface area contributed by atoms with Crippen LogP contribution in [0.25, 0.3) is 0 Å². The van der Waals surface area contributed by atoms with Crippen molar-refractivity contribution in [3.05, 3.63) is 59.7 Å². The average Bonchev–Trinajstić information content (AvgIpc) is 2.33. The number of carbonyl (C=O) groups excluding carboxylic acids is 1. The average molecular weight is 228 g/mol. The number of rotatable bonds is 3. The summed E-state index contributed by atoms with van der Waals surface area (Å²) in [5.41, 5.74) is 1.98. The van der Waals surface area contributed by atoms with Gasteiger partial charge in [-0.3, -0.25) is 4.79 Å². The zero-order valence-corrected chi connectivity index (χ0v) is 9.83. The molecule has 0 aliphatic heterocycles. The van der Waals surface area contributed by atoms with E-state index in [-0.39, 0.29) is 0 Å².